The Hall–Kier alpha value is -1.58. The van der Waals surface area contributed by atoms with Gasteiger partial charge in [-0.15, -0.1) is 0 Å². The zero-order chi connectivity index (χ0) is 14.2. The molecule has 0 aromatic heterocycles. The molecule has 1 aromatic carbocycles. The highest BCUT2D eigenvalue weighted by Gasteiger charge is 2.52. The fraction of sp³-hybridized carbons (Fsp3) is 0.562. The lowest BCUT2D eigenvalue weighted by Crippen LogP contribution is -2.31. The Morgan fingerprint density at radius 2 is 2.20 bits per heavy atom. The zero-order valence-electron chi connectivity index (χ0n) is 11.7. The van der Waals surface area contributed by atoms with Crippen molar-refractivity contribution in [1.82, 2.24) is 4.90 Å². The van der Waals surface area contributed by atoms with Gasteiger partial charge in [-0.2, -0.15) is 0 Å². The molecule has 1 saturated carbocycles. The fourth-order valence-electron chi connectivity index (χ4n) is 3.51. The first-order valence-corrected chi connectivity index (χ1v) is 7.18. The molecule has 1 amide bonds. The number of rotatable bonds is 2. The average Bonchev–Trinajstić information content (AvgIpc) is 2.94. The second-order valence-corrected chi connectivity index (χ2v) is 6.24. The van der Waals surface area contributed by atoms with Gasteiger partial charge in [-0.25, -0.2) is 9.18 Å². The van der Waals surface area contributed by atoms with E-state index in [1.807, 2.05) is 30.3 Å². The third-order valence-electron chi connectivity index (χ3n) is 4.76. The molecule has 20 heavy (non-hydrogen) atoms. The number of benzene rings is 1. The van der Waals surface area contributed by atoms with Gasteiger partial charge in [0.05, 0.1) is 0 Å². The van der Waals surface area contributed by atoms with Crippen molar-refractivity contribution in [3.05, 3.63) is 35.9 Å². The number of halogens is 1. The third-order valence-corrected chi connectivity index (χ3v) is 4.76. The van der Waals surface area contributed by atoms with Gasteiger partial charge in [0.2, 0.25) is 0 Å². The normalized spacial score (nSPS) is 32.2. The maximum atomic E-state index is 13.8. The molecule has 108 valence electrons. The fourth-order valence-corrected chi connectivity index (χ4v) is 3.51. The van der Waals surface area contributed by atoms with Crippen LogP contribution in [0.15, 0.2) is 30.3 Å². The van der Waals surface area contributed by atoms with Gasteiger partial charge >= 0.3 is 6.09 Å². The van der Waals surface area contributed by atoms with Crippen molar-refractivity contribution in [2.45, 2.75) is 32.5 Å². The van der Waals surface area contributed by atoms with Crippen molar-refractivity contribution < 1.29 is 13.9 Å². The Bertz CT molecular complexity index is 493. The smallest absolute Gasteiger partial charge is 0.410 e. The average molecular weight is 277 g/mol. The molecule has 3 rings (SSSR count). The molecule has 0 radical (unpaired) electrons. The second kappa shape index (κ2) is 5.08. The van der Waals surface area contributed by atoms with Crippen LogP contribution in [0.3, 0.4) is 0 Å². The Kier molecular flexibility index (Phi) is 3.40. The lowest BCUT2D eigenvalue weighted by Gasteiger charge is -2.22. The number of carbonyl (C=O) groups is 1. The zero-order valence-corrected chi connectivity index (χ0v) is 11.7. The molecule has 3 nitrogen and oxygen atoms in total. The minimum Gasteiger partial charge on any atom is -0.445 e. The van der Waals surface area contributed by atoms with Crippen molar-refractivity contribution in [2.24, 2.45) is 11.3 Å². The lowest BCUT2D eigenvalue weighted by molar-refractivity contribution is 0.0985. The number of carbonyl (C=O) groups excluding carboxylic acids is 1. The highest BCUT2D eigenvalue weighted by atomic mass is 19.1. The monoisotopic (exact) mass is 277 g/mol. The highest BCUT2D eigenvalue weighted by Crippen LogP contribution is 2.49. The number of nitrogens with zero attached hydrogens (tertiary/aromatic N) is 1. The number of ether oxygens (including phenoxy) is 1. The molecule has 3 atom stereocenters. The first kappa shape index (κ1) is 13.4. The van der Waals surface area contributed by atoms with Crippen LogP contribution in [0.5, 0.6) is 0 Å². The summed E-state index contributed by atoms with van der Waals surface area (Å²) in [6.07, 6.45) is 0.402. The summed E-state index contributed by atoms with van der Waals surface area (Å²) in [5.74, 6) is -0.0215. The van der Waals surface area contributed by atoms with E-state index in [1.165, 1.54) is 0 Å². The van der Waals surface area contributed by atoms with Crippen LogP contribution in [0.1, 0.15) is 25.3 Å². The SMILES string of the molecule is CC12CC[C@H](F)[C@@H]1CN(C(=O)OCc1ccccc1)C2. The number of amides is 1. The van der Waals surface area contributed by atoms with Crippen molar-refractivity contribution in [2.75, 3.05) is 13.1 Å². The Labute approximate surface area is 118 Å². The molecule has 1 aliphatic carbocycles. The van der Waals surface area contributed by atoms with E-state index in [2.05, 4.69) is 6.92 Å². The Morgan fingerprint density at radius 3 is 2.90 bits per heavy atom. The number of hydrogen-bond donors (Lipinski definition) is 0. The largest absolute Gasteiger partial charge is 0.445 e. The molecule has 0 bridgehead atoms. The molecule has 1 saturated heterocycles. The van der Waals surface area contributed by atoms with E-state index < -0.39 is 6.17 Å². The molecule has 2 fully saturated rings. The predicted octanol–water partition coefficient (Wildman–Crippen LogP) is 3.39. The molecule has 1 aromatic rings. The molecule has 0 N–H and O–H groups in total. The molecule has 2 aliphatic rings. The standard InChI is InChI=1S/C16H20FNO2/c1-16-8-7-14(17)13(16)9-18(11-16)15(19)20-10-12-5-3-2-4-6-12/h2-6,13-14H,7-11H2,1H3/t13-,14-,16?/m0/s1. The van der Waals surface area contributed by atoms with Gasteiger partial charge in [-0.1, -0.05) is 37.3 Å². The van der Waals surface area contributed by atoms with Crippen molar-refractivity contribution in [3.63, 3.8) is 0 Å². The van der Waals surface area contributed by atoms with Gasteiger partial charge in [0.25, 0.3) is 0 Å². The van der Waals surface area contributed by atoms with Crippen LogP contribution in [-0.4, -0.2) is 30.3 Å². The maximum Gasteiger partial charge on any atom is 0.410 e. The minimum absolute atomic E-state index is 0.0215. The predicted molar refractivity (Wildman–Crippen MR) is 73.9 cm³/mol. The van der Waals surface area contributed by atoms with Crippen LogP contribution in [0.4, 0.5) is 9.18 Å². The van der Waals surface area contributed by atoms with Crippen molar-refractivity contribution in [1.29, 1.82) is 0 Å². The van der Waals surface area contributed by atoms with E-state index in [4.69, 9.17) is 4.74 Å². The number of fused-ring (bicyclic) bond motifs is 1. The molecule has 0 spiro atoms. The lowest BCUT2D eigenvalue weighted by atomic mass is 9.83. The summed E-state index contributed by atoms with van der Waals surface area (Å²) in [6, 6.07) is 9.60. The number of hydrogen-bond acceptors (Lipinski definition) is 2. The van der Waals surface area contributed by atoms with Crippen LogP contribution in [0.25, 0.3) is 0 Å². The quantitative estimate of drug-likeness (QED) is 0.829. The summed E-state index contributed by atoms with van der Waals surface area (Å²) in [5, 5.41) is 0. The Morgan fingerprint density at radius 1 is 1.45 bits per heavy atom. The second-order valence-electron chi connectivity index (χ2n) is 6.24. The first-order valence-electron chi connectivity index (χ1n) is 7.18. The molecule has 1 heterocycles. The Balaban J connectivity index is 1.57. The summed E-state index contributed by atoms with van der Waals surface area (Å²) < 4.78 is 19.2. The topological polar surface area (TPSA) is 29.5 Å². The third kappa shape index (κ3) is 2.39. The molecule has 1 aliphatic heterocycles. The van der Waals surface area contributed by atoms with Crippen LogP contribution >= 0.6 is 0 Å². The van der Waals surface area contributed by atoms with E-state index in [1.54, 1.807) is 4.90 Å². The van der Waals surface area contributed by atoms with E-state index >= 15 is 0 Å². The van der Waals surface area contributed by atoms with Crippen molar-refractivity contribution in [3.8, 4) is 0 Å². The minimum atomic E-state index is -0.771. The molecular formula is C16H20FNO2. The van der Waals surface area contributed by atoms with Crippen LogP contribution in [0, 0.1) is 11.3 Å². The summed E-state index contributed by atoms with van der Waals surface area (Å²) in [6.45, 7) is 3.47. The summed E-state index contributed by atoms with van der Waals surface area (Å²) in [5.41, 5.74) is 0.903. The van der Waals surface area contributed by atoms with E-state index in [-0.39, 0.29) is 24.0 Å². The van der Waals surface area contributed by atoms with Crippen LogP contribution in [0.2, 0.25) is 0 Å². The summed E-state index contributed by atoms with van der Waals surface area (Å²) in [7, 11) is 0. The highest BCUT2D eigenvalue weighted by molar-refractivity contribution is 5.68. The van der Waals surface area contributed by atoms with Gasteiger partial charge in [-0.05, 0) is 23.8 Å². The summed E-state index contributed by atoms with van der Waals surface area (Å²) >= 11 is 0. The van der Waals surface area contributed by atoms with E-state index in [9.17, 15) is 9.18 Å². The van der Waals surface area contributed by atoms with Gasteiger partial charge in [0, 0.05) is 19.0 Å². The van der Waals surface area contributed by atoms with E-state index in [0.29, 0.717) is 19.5 Å². The first-order chi connectivity index (χ1) is 9.58. The van der Waals surface area contributed by atoms with Gasteiger partial charge in [0.1, 0.15) is 12.8 Å². The molecule has 4 heteroatoms. The maximum absolute atomic E-state index is 13.8. The summed E-state index contributed by atoms with van der Waals surface area (Å²) in [4.78, 5) is 13.7. The van der Waals surface area contributed by atoms with Crippen LogP contribution < -0.4 is 0 Å². The van der Waals surface area contributed by atoms with Gasteiger partial charge in [0.15, 0.2) is 0 Å². The molecule has 1 unspecified atom stereocenters. The van der Waals surface area contributed by atoms with Crippen molar-refractivity contribution >= 4 is 6.09 Å². The number of alkyl halides is 1. The van der Waals surface area contributed by atoms with Crippen LogP contribution in [-0.2, 0) is 11.3 Å². The van der Waals surface area contributed by atoms with Gasteiger partial charge in [-0.3, -0.25) is 0 Å². The van der Waals surface area contributed by atoms with E-state index in [0.717, 1.165) is 12.0 Å². The number of likely N-dealkylation sites (tertiary alicyclic amines) is 1. The molecular weight excluding hydrogens is 257 g/mol. The van der Waals surface area contributed by atoms with Gasteiger partial charge < -0.3 is 9.64 Å².